The van der Waals surface area contributed by atoms with Crippen LogP contribution in [-0.2, 0) is 18.6 Å². The van der Waals surface area contributed by atoms with Gasteiger partial charge in [-0.25, -0.2) is 17.9 Å². The van der Waals surface area contributed by atoms with Gasteiger partial charge in [0.15, 0.2) is 22.9 Å². The summed E-state index contributed by atoms with van der Waals surface area (Å²) >= 11 is 6.57. The second-order valence-electron chi connectivity index (χ2n) is 10.8. The lowest BCUT2D eigenvalue weighted by Gasteiger charge is -2.35. The fourth-order valence-electron chi connectivity index (χ4n) is 6.32. The van der Waals surface area contributed by atoms with Crippen molar-refractivity contribution in [1.82, 2.24) is 15.1 Å². The minimum Gasteiger partial charge on any atom is -0.480 e. The number of rotatable bonds is 6. The molecule has 0 bridgehead atoms. The van der Waals surface area contributed by atoms with Gasteiger partial charge < -0.3 is 25.3 Å². The first-order chi connectivity index (χ1) is 21.2. The van der Waals surface area contributed by atoms with Crippen molar-refractivity contribution < 1.29 is 32.2 Å². The van der Waals surface area contributed by atoms with Crippen LogP contribution in [0.25, 0.3) is 11.1 Å². The first-order valence-corrected chi connectivity index (χ1v) is 14.3. The van der Waals surface area contributed by atoms with E-state index in [2.05, 4.69) is 10.4 Å². The van der Waals surface area contributed by atoms with Gasteiger partial charge >= 0.3 is 5.56 Å². The van der Waals surface area contributed by atoms with Crippen molar-refractivity contribution in [2.45, 2.75) is 37.5 Å². The third-order valence-corrected chi connectivity index (χ3v) is 8.66. The van der Waals surface area contributed by atoms with Crippen molar-refractivity contribution in [3.05, 3.63) is 92.4 Å². The van der Waals surface area contributed by atoms with Crippen LogP contribution in [-0.4, -0.2) is 34.9 Å². The number of benzene rings is 3. The van der Waals surface area contributed by atoms with Crippen LogP contribution in [0.3, 0.4) is 0 Å². The molecule has 0 saturated carbocycles. The SMILES string of the molecule is NC(=O)c1cc2c(c(F)c1-c1c(Cl)c(F)cc3c1C[C@](c1ccccc1)([C@@H]1CCCN1)O3)Oc1cnn(CCF)c(=O)c1O2. The van der Waals surface area contributed by atoms with E-state index in [1.165, 1.54) is 0 Å². The molecule has 4 aromatic rings. The molecule has 1 amide bonds. The van der Waals surface area contributed by atoms with Crippen LogP contribution in [0, 0.1) is 11.6 Å². The van der Waals surface area contributed by atoms with Crippen LogP contribution in [0.1, 0.15) is 34.3 Å². The minimum absolute atomic E-state index is 0.113. The van der Waals surface area contributed by atoms with E-state index in [1.54, 1.807) is 0 Å². The standard InChI is InChI=1S/C31H24ClF3N4O5/c32-25-18(34)12-19-17(13-31(44-19,22-7-4-9-37-22)15-5-2-1-3-6-15)23(25)24-16(29(36)40)11-20-27(26(24)35)43-21-14-38-39(10-8-33)30(41)28(21)42-20/h1-3,5-6,11-12,14,22,37H,4,7-10,13H2,(H2,36,40)/t22-,31-/m0/s1. The van der Waals surface area contributed by atoms with Crippen molar-refractivity contribution in [2.24, 2.45) is 5.73 Å². The van der Waals surface area contributed by atoms with Crippen LogP contribution < -0.4 is 30.8 Å². The average molecular weight is 625 g/mol. The predicted octanol–water partition coefficient (Wildman–Crippen LogP) is 5.39. The fraction of sp³-hybridized carbons (Fsp3) is 0.258. The number of fused-ring (bicyclic) bond motifs is 3. The molecule has 2 atom stereocenters. The Hall–Kier alpha value is -4.55. The van der Waals surface area contributed by atoms with Crippen LogP contribution in [0.2, 0.25) is 5.02 Å². The molecule has 4 heterocycles. The Kier molecular flexibility index (Phi) is 6.78. The predicted molar refractivity (Wildman–Crippen MR) is 153 cm³/mol. The molecule has 1 aromatic heterocycles. The zero-order valence-corrected chi connectivity index (χ0v) is 23.7. The summed E-state index contributed by atoms with van der Waals surface area (Å²) < 4.78 is 63.8. The van der Waals surface area contributed by atoms with Gasteiger partial charge in [-0.2, -0.15) is 5.10 Å². The van der Waals surface area contributed by atoms with Crippen molar-refractivity contribution in [3.63, 3.8) is 0 Å². The average Bonchev–Trinajstić information content (AvgIpc) is 3.69. The largest absolute Gasteiger partial charge is 0.480 e. The Bertz CT molecular complexity index is 1900. The van der Waals surface area contributed by atoms with Gasteiger partial charge in [-0.3, -0.25) is 9.59 Å². The Morgan fingerprint density at radius 1 is 1.11 bits per heavy atom. The molecule has 3 aliphatic heterocycles. The molecule has 44 heavy (non-hydrogen) atoms. The van der Waals surface area contributed by atoms with Gasteiger partial charge in [0, 0.05) is 29.2 Å². The summed E-state index contributed by atoms with van der Waals surface area (Å²) in [6, 6.07) is 11.5. The molecule has 0 radical (unpaired) electrons. The molecular formula is C31H24ClF3N4O5. The quantitative estimate of drug-likeness (QED) is 0.260. The zero-order valence-electron chi connectivity index (χ0n) is 23.0. The Labute approximate surface area is 253 Å². The highest BCUT2D eigenvalue weighted by molar-refractivity contribution is 6.34. The molecule has 13 heteroatoms. The highest BCUT2D eigenvalue weighted by Gasteiger charge is 2.50. The van der Waals surface area contributed by atoms with Crippen LogP contribution >= 0.6 is 11.6 Å². The molecule has 0 unspecified atom stereocenters. The van der Waals surface area contributed by atoms with E-state index in [1.807, 2.05) is 30.3 Å². The molecule has 7 rings (SSSR count). The molecule has 0 spiro atoms. The maximum absolute atomic E-state index is 16.7. The Morgan fingerprint density at radius 2 is 1.89 bits per heavy atom. The number of primary amides is 1. The Morgan fingerprint density at radius 3 is 2.59 bits per heavy atom. The summed E-state index contributed by atoms with van der Waals surface area (Å²) in [6.45, 7) is -0.440. The van der Waals surface area contributed by atoms with Crippen LogP contribution in [0.15, 0.2) is 53.5 Å². The minimum atomic E-state index is -1.12. The number of nitrogens with two attached hydrogens (primary N) is 1. The number of carbonyl (C=O) groups excluding carboxylic acids is 1. The van der Waals surface area contributed by atoms with E-state index in [4.69, 9.17) is 31.5 Å². The Balaban J connectivity index is 1.42. The number of carbonyl (C=O) groups is 1. The number of ether oxygens (including phenoxy) is 3. The molecular weight excluding hydrogens is 601 g/mol. The number of aryl methyl sites for hydroxylation is 1. The van der Waals surface area contributed by atoms with E-state index in [9.17, 15) is 14.0 Å². The molecule has 1 fully saturated rings. The van der Waals surface area contributed by atoms with E-state index in [-0.39, 0.29) is 47.6 Å². The molecule has 1 saturated heterocycles. The van der Waals surface area contributed by atoms with E-state index in [0.29, 0.717) is 5.56 Å². The van der Waals surface area contributed by atoms with Gasteiger partial charge in [0.2, 0.25) is 17.4 Å². The van der Waals surface area contributed by atoms with E-state index < -0.39 is 57.3 Å². The highest BCUT2D eigenvalue weighted by atomic mass is 35.5. The topological polar surface area (TPSA) is 118 Å². The van der Waals surface area contributed by atoms with Crippen molar-refractivity contribution in [2.75, 3.05) is 13.2 Å². The maximum Gasteiger partial charge on any atom is 0.313 e. The third-order valence-electron chi connectivity index (χ3n) is 8.29. The monoisotopic (exact) mass is 624 g/mol. The normalized spacial score (nSPS) is 19.8. The number of hydrogen-bond acceptors (Lipinski definition) is 7. The number of halogens is 4. The number of hydrogen-bond donors (Lipinski definition) is 2. The summed E-state index contributed by atoms with van der Waals surface area (Å²) in [5.74, 6) is -4.38. The van der Waals surface area contributed by atoms with Gasteiger partial charge in [-0.1, -0.05) is 41.9 Å². The summed E-state index contributed by atoms with van der Waals surface area (Å²) in [6.07, 6.45) is 2.94. The number of alkyl halides is 1. The van der Waals surface area contributed by atoms with Crippen molar-refractivity contribution in [3.8, 4) is 39.9 Å². The molecule has 0 aliphatic carbocycles. The van der Waals surface area contributed by atoms with Gasteiger partial charge in [0.05, 0.1) is 29.4 Å². The summed E-state index contributed by atoms with van der Waals surface area (Å²) in [5.41, 5.74) is 4.22. The van der Waals surface area contributed by atoms with Crippen molar-refractivity contribution >= 4 is 17.5 Å². The summed E-state index contributed by atoms with van der Waals surface area (Å²) in [4.78, 5) is 25.6. The van der Waals surface area contributed by atoms with Crippen molar-refractivity contribution in [1.29, 1.82) is 0 Å². The first-order valence-electron chi connectivity index (χ1n) is 13.9. The molecule has 3 N–H and O–H groups in total. The van der Waals surface area contributed by atoms with E-state index in [0.717, 1.165) is 48.0 Å². The fourth-order valence-corrected chi connectivity index (χ4v) is 6.59. The van der Waals surface area contributed by atoms with E-state index >= 15 is 8.78 Å². The summed E-state index contributed by atoms with van der Waals surface area (Å²) in [5, 5.41) is 6.87. The molecule has 9 nitrogen and oxygen atoms in total. The number of aromatic nitrogens is 2. The second-order valence-corrected chi connectivity index (χ2v) is 11.1. The first kappa shape index (κ1) is 28.2. The summed E-state index contributed by atoms with van der Waals surface area (Å²) in [7, 11) is 0. The second kappa shape index (κ2) is 10.6. The number of amides is 1. The smallest absolute Gasteiger partial charge is 0.313 e. The molecule has 3 aliphatic rings. The van der Waals surface area contributed by atoms with Gasteiger partial charge in [0.25, 0.3) is 0 Å². The molecule has 226 valence electrons. The number of nitrogens with one attached hydrogen (secondary N) is 1. The van der Waals surface area contributed by atoms with Crippen LogP contribution in [0.5, 0.6) is 28.7 Å². The van der Waals surface area contributed by atoms with Crippen LogP contribution in [0.4, 0.5) is 13.2 Å². The lowest BCUT2D eigenvalue weighted by atomic mass is 9.80. The lowest BCUT2D eigenvalue weighted by Crippen LogP contribution is -2.48. The lowest BCUT2D eigenvalue weighted by molar-refractivity contribution is 0.0539. The van der Waals surface area contributed by atoms with Gasteiger partial charge in [-0.15, -0.1) is 0 Å². The van der Waals surface area contributed by atoms with Gasteiger partial charge in [0.1, 0.15) is 18.2 Å². The highest BCUT2D eigenvalue weighted by Crippen LogP contribution is 2.54. The third kappa shape index (κ3) is 4.23. The number of nitrogens with zero attached hydrogens (tertiary/aromatic N) is 2. The maximum atomic E-state index is 16.7. The molecule has 3 aromatic carbocycles. The zero-order chi connectivity index (χ0) is 30.7. The van der Waals surface area contributed by atoms with Gasteiger partial charge in [-0.05, 0) is 31.0 Å².